The summed E-state index contributed by atoms with van der Waals surface area (Å²) in [6.45, 7) is 9.74. The summed E-state index contributed by atoms with van der Waals surface area (Å²) in [5.74, 6) is 0. The molecule has 0 aliphatic carbocycles. The van der Waals surface area contributed by atoms with Crippen LogP contribution in [0.5, 0.6) is 0 Å². The smallest absolute Gasteiger partial charge is 0.0779 e. The highest BCUT2D eigenvalue weighted by atomic mass is 16.5. The van der Waals surface area contributed by atoms with Crippen LogP contribution in [0, 0.1) is 0 Å². The molecule has 0 aliphatic rings. The summed E-state index contributed by atoms with van der Waals surface area (Å²) in [7, 11) is 0. The van der Waals surface area contributed by atoms with Crippen LogP contribution in [0.1, 0.15) is 47.0 Å². The van der Waals surface area contributed by atoms with Crippen LogP contribution in [0.3, 0.4) is 0 Å². The van der Waals surface area contributed by atoms with E-state index in [1.54, 1.807) is 13.8 Å². The topological polar surface area (TPSA) is 58.9 Å². The Hall–Kier alpha value is -0.160. The third kappa shape index (κ3) is 21.6. The van der Waals surface area contributed by atoms with Gasteiger partial charge in [0.25, 0.3) is 0 Å². The molecule has 0 aromatic carbocycles. The highest BCUT2D eigenvalue weighted by Crippen LogP contribution is 1.93. The first-order valence-corrected chi connectivity index (χ1v) is 6.56. The summed E-state index contributed by atoms with van der Waals surface area (Å²) < 4.78 is 10.1. The molecule has 0 radical (unpaired) electrons. The zero-order valence-electron chi connectivity index (χ0n) is 11.8. The van der Waals surface area contributed by atoms with Crippen LogP contribution < -0.4 is 0 Å². The molecule has 0 amide bonds. The number of ether oxygens (including phenoxy) is 2. The van der Waals surface area contributed by atoms with Gasteiger partial charge in [-0.3, -0.25) is 0 Å². The van der Waals surface area contributed by atoms with Gasteiger partial charge in [0.05, 0.1) is 25.4 Å². The predicted molar refractivity (Wildman–Crippen MR) is 70.2 cm³/mol. The van der Waals surface area contributed by atoms with Gasteiger partial charge < -0.3 is 19.7 Å². The van der Waals surface area contributed by atoms with E-state index >= 15 is 0 Å². The minimum atomic E-state index is -0.445. The summed E-state index contributed by atoms with van der Waals surface area (Å²) in [4.78, 5) is 0. The molecule has 106 valence electrons. The first-order chi connectivity index (χ1) is 8.08. The predicted octanol–water partition coefficient (Wildman–Crippen LogP) is 1.98. The summed E-state index contributed by atoms with van der Waals surface area (Å²) in [6.07, 6.45) is 3.20. The van der Waals surface area contributed by atoms with Crippen molar-refractivity contribution < 1.29 is 19.7 Å². The number of rotatable bonds is 9. The van der Waals surface area contributed by atoms with Crippen molar-refractivity contribution in [3.63, 3.8) is 0 Å². The maximum Gasteiger partial charge on any atom is 0.0779 e. The molecule has 0 bridgehead atoms. The Bertz CT molecular complexity index is 123. The van der Waals surface area contributed by atoms with Gasteiger partial charge in [-0.1, -0.05) is 19.8 Å². The highest BCUT2D eigenvalue weighted by molar-refractivity contribution is 4.47. The third-order valence-corrected chi connectivity index (χ3v) is 1.98. The van der Waals surface area contributed by atoms with E-state index in [0.717, 1.165) is 13.2 Å². The molecule has 0 fully saturated rings. The Labute approximate surface area is 106 Å². The molecule has 4 nitrogen and oxygen atoms in total. The second-order valence-corrected chi connectivity index (χ2v) is 4.08. The van der Waals surface area contributed by atoms with Gasteiger partial charge in [-0.25, -0.2) is 0 Å². The Kier molecular flexibility index (Phi) is 17.9. The largest absolute Gasteiger partial charge is 0.394 e. The van der Waals surface area contributed by atoms with Crippen LogP contribution in [0.2, 0.25) is 0 Å². The molecule has 2 atom stereocenters. The normalized spacial score (nSPS) is 13.8. The highest BCUT2D eigenvalue weighted by Gasteiger charge is 2.00. The van der Waals surface area contributed by atoms with Gasteiger partial charge in [0, 0.05) is 13.2 Å². The molecule has 0 saturated heterocycles. The van der Waals surface area contributed by atoms with Crippen molar-refractivity contribution in [2.45, 2.75) is 59.2 Å². The molecule has 0 aromatic rings. The van der Waals surface area contributed by atoms with Crippen LogP contribution >= 0.6 is 0 Å². The van der Waals surface area contributed by atoms with Crippen LogP contribution in [-0.4, -0.2) is 48.8 Å². The molecule has 4 heteroatoms. The SMILES string of the molecule is CC(O)COC(C)CO.CCCCCOCC. The number of hydrogen-bond acceptors (Lipinski definition) is 4. The van der Waals surface area contributed by atoms with Crippen molar-refractivity contribution in [1.29, 1.82) is 0 Å². The van der Waals surface area contributed by atoms with Crippen molar-refractivity contribution in [3.05, 3.63) is 0 Å². The lowest BCUT2D eigenvalue weighted by atomic mass is 10.3. The number of hydrogen-bond donors (Lipinski definition) is 2. The van der Waals surface area contributed by atoms with Crippen LogP contribution in [0.15, 0.2) is 0 Å². The lowest BCUT2D eigenvalue weighted by Crippen LogP contribution is -2.19. The van der Waals surface area contributed by atoms with E-state index in [1.807, 2.05) is 6.92 Å². The molecule has 0 aliphatic heterocycles. The zero-order valence-corrected chi connectivity index (χ0v) is 11.8. The Morgan fingerprint density at radius 3 is 2.18 bits per heavy atom. The first-order valence-electron chi connectivity index (χ1n) is 6.56. The molecule has 0 rings (SSSR count). The fourth-order valence-corrected chi connectivity index (χ4v) is 0.955. The maximum atomic E-state index is 8.69. The minimum Gasteiger partial charge on any atom is -0.394 e. The molecular weight excluding hydrogens is 220 g/mol. The summed E-state index contributed by atoms with van der Waals surface area (Å²) >= 11 is 0. The fraction of sp³-hybridized carbons (Fsp3) is 1.00. The van der Waals surface area contributed by atoms with Crippen LogP contribution in [0.25, 0.3) is 0 Å². The summed E-state index contributed by atoms with van der Waals surface area (Å²) in [5, 5.41) is 17.1. The van der Waals surface area contributed by atoms with Gasteiger partial charge in [0.15, 0.2) is 0 Å². The van der Waals surface area contributed by atoms with Gasteiger partial charge in [-0.05, 0) is 27.2 Å². The van der Waals surface area contributed by atoms with E-state index in [1.165, 1.54) is 19.3 Å². The number of aliphatic hydroxyl groups is 2. The summed E-state index contributed by atoms with van der Waals surface area (Å²) in [6, 6.07) is 0. The Morgan fingerprint density at radius 1 is 1.12 bits per heavy atom. The Morgan fingerprint density at radius 2 is 1.76 bits per heavy atom. The second kappa shape index (κ2) is 15.8. The number of aliphatic hydroxyl groups excluding tert-OH is 2. The number of unbranched alkanes of at least 4 members (excludes halogenated alkanes) is 2. The molecule has 0 saturated carbocycles. The lowest BCUT2D eigenvalue weighted by molar-refractivity contribution is -0.0177. The molecule has 0 heterocycles. The third-order valence-electron chi connectivity index (χ3n) is 1.98. The van der Waals surface area contributed by atoms with E-state index < -0.39 is 6.10 Å². The maximum absolute atomic E-state index is 8.69. The summed E-state index contributed by atoms with van der Waals surface area (Å²) in [5.41, 5.74) is 0. The van der Waals surface area contributed by atoms with Gasteiger partial charge in [-0.15, -0.1) is 0 Å². The fourth-order valence-electron chi connectivity index (χ4n) is 0.955. The molecule has 2 unspecified atom stereocenters. The average molecular weight is 250 g/mol. The second-order valence-electron chi connectivity index (χ2n) is 4.08. The monoisotopic (exact) mass is 250 g/mol. The van der Waals surface area contributed by atoms with Crippen molar-refractivity contribution in [2.24, 2.45) is 0 Å². The van der Waals surface area contributed by atoms with Crippen LogP contribution in [0.4, 0.5) is 0 Å². The van der Waals surface area contributed by atoms with Gasteiger partial charge >= 0.3 is 0 Å². The van der Waals surface area contributed by atoms with E-state index in [-0.39, 0.29) is 12.7 Å². The minimum absolute atomic E-state index is 0.00667. The van der Waals surface area contributed by atoms with Crippen molar-refractivity contribution >= 4 is 0 Å². The Balaban J connectivity index is 0. The van der Waals surface area contributed by atoms with E-state index in [4.69, 9.17) is 19.7 Å². The van der Waals surface area contributed by atoms with E-state index in [0.29, 0.717) is 6.61 Å². The van der Waals surface area contributed by atoms with Crippen molar-refractivity contribution in [1.82, 2.24) is 0 Å². The quantitative estimate of drug-likeness (QED) is 0.614. The van der Waals surface area contributed by atoms with Gasteiger partial charge in [0.2, 0.25) is 0 Å². The molecule has 0 aromatic heterocycles. The first kappa shape index (κ1) is 19.2. The van der Waals surface area contributed by atoms with E-state index in [2.05, 4.69) is 6.92 Å². The van der Waals surface area contributed by atoms with Gasteiger partial charge in [-0.2, -0.15) is 0 Å². The molecule has 0 spiro atoms. The van der Waals surface area contributed by atoms with Gasteiger partial charge in [0.1, 0.15) is 0 Å². The average Bonchev–Trinajstić information content (AvgIpc) is 2.32. The standard InChI is InChI=1S/C7H16O.C6H14O3/c1-3-5-6-7-8-4-2;1-5(8)4-9-6(2)3-7/h3-7H2,1-2H3;5-8H,3-4H2,1-2H3. The zero-order chi connectivity index (χ0) is 13.5. The molecule has 2 N–H and O–H groups in total. The van der Waals surface area contributed by atoms with Crippen molar-refractivity contribution in [3.8, 4) is 0 Å². The lowest BCUT2D eigenvalue weighted by Gasteiger charge is -2.10. The van der Waals surface area contributed by atoms with E-state index in [9.17, 15) is 0 Å². The molecular formula is C13H30O4. The van der Waals surface area contributed by atoms with Crippen LogP contribution in [-0.2, 0) is 9.47 Å². The van der Waals surface area contributed by atoms with Crippen molar-refractivity contribution in [2.75, 3.05) is 26.4 Å². The molecule has 17 heavy (non-hydrogen) atoms.